The first kappa shape index (κ1) is 12.7. The fraction of sp³-hybridized carbons (Fsp3) is 0.923. The highest BCUT2D eigenvalue weighted by Crippen LogP contribution is 2.26. The van der Waals surface area contributed by atoms with Gasteiger partial charge in [0.05, 0.1) is 6.10 Å². The second kappa shape index (κ2) is 6.26. The van der Waals surface area contributed by atoms with Gasteiger partial charge in [0.25, 0.3) is 0 Å². The van der Waals surface area contributed by atoms with E-state index in [1.54, 1.807) is 0 Å². The van der Waals surface area contributed by atoms with Gasteiger partial charge in [0.15, 0.2) is 5.78 Å². The maximum atomic E-state index is 11.6. The highest BCUT2D eigenvalue weighted by atomic mass is 16.5. The molecule has 1 aliphatic rings. The minimum atomic E-state index is 0.156. The Balaban J connectivity index is 2.26. The molecule has 0 saturated heterocycles. The van der Waals surface area contributed by atoms with Crippen LogP contribution >= 0.6 is 0 Å². The van der Waals surface area contributed by atoms with Gasteiger partial charge in [-0.15, -0.1) is 0 Å². The average Bonchev–Trinajstić information content (AvgIpc) is 2.26. The van der Waals surface area contributed by atoms with Crippen molar-refractivity contribution < 1.29 is 9.53 Å². The summed E-state index contributed by atoms with van der Waals surface area (Å²) in [7, 11) is 0. The van der Waals surface area contributed by atoms with Gasteiger partial charge in [0.2, 0.25) is 0 Å². The third-order valence-corrected chi connectivity index (χ3v) is 3.63. The normalized spacial score (nSPS) is 28.7. The smallest absolute Gasteiger partial charge is 0.161 e. The summed E-state index contributed by atoms with van der Waals surface area (Å²) in [5.74, 6) is 1.04. The number of hydrogen-bond acceptors (Lipinski definition) is 2. The van der Waals surface area contributed by atoms with Gasteiger partial charge >= 0.3 is 0 Å². The van der Waals surface area contributed by atoms with Gasteiger partial charge in [-0.25, -0.2) is 0 Å². The molecule has 0 bridgehead atoms. The van der Waals surface area contributed by atoms with Crippen molar-refractivity contribution in [1.29, 1.82) is 0 Å². The van der Waals surface area contributed by atoms with Crippen molar-refractivity contribution in [2.24, 2.45) is 11.8 Å². The molecule has 0 aromatic carbocycles. The van der Waals surface area contributed by atoms with E-state index in [0.717, 1.165) is 12.8 Å². The van der Waals surface area contributed by atoms with Crippen LogP contribution in [0.1, 0.15) is 52.9 Å². The van der Waals surface area contributed by atoms with Gasteiger partial charge in [-0.1, -0.05) is 33.6 Å². The van der Waals surface area contributed by atoms with Crippen molar-refractivity contribution in [2.45, 2.75) is 59.0 Å². The minimum Gasteiger partial charge on any atom is -0.370 e. The highest BCUT2D eigenvalue weighted by molar-refractivity contribution is 5.81. The molecule has 0 amide bonds. The predicted octanol–water partition coefficient (Wildman–Crippen LogP) is 3.20. The van der Waals surface area contributed by atoms with Crippen LogP contribution in [-0.2, 0) is 9.53 Å². The molecule has 1 aliphatic carbocycles. The van der Waals surface area contributed by atoms with Crippen LogP contribution in [0, 0.1) is 11.8 Å². The second-order valence-electron chi connectivity index (χ2n) is 4.89. The first-order chi connectivity index (χ1) is 7.15. The molecular weight excluding hydrogens is 188 g/mol. The van der Waals surface area contributed by atoms with Crippen molar-refractivity contribution >= 4 is 5.78 Å². The molecule has 1 rings (SSSR count). The lowest BCUT2D eigenvalue weighted by atomic mass is 9.88. The molecule has 1 saturated carbocycles. The predicted molar refractivity (Wildman–Crippen MR) is 61.8 cm³/mol. The molecule has 2 heteroatoms. The minimum absolute atomic E-state index is 0.156. The summed E-state index contributed by atoms with van der Waals surface area (Å²) >= 11 is 0. The third kappa shape index (κ3) is 3.94. The number of Topliss-reactive ketones (excluding diaryl/α,β-unsaturated/α-hetero) is 1. The lowest BCUT2D eigenvalue weighted by Gasteiger charge is -2.28. The van der Waals surface area contributed by atoms with Crippen molar-refractivity contribution in [3.8, 4) is 0 Å². The molecule has 0 spiro atoms. The van der Waals surface area contributed by atoms with E-state index in [9.17, 15) is 4.79 Å². The van der Waals surface area contributed by atoms with Crippen LogP contribution in [0.2, 0.25) is 0 Å². The summed E-state index contributed by atoms with van der Waals surface area (Å²) in [6.07, 6.45) is 6.21. The second-order valence-corrected chi connectivity index (χ2v) is 4.89. The summed E-state index contributed by atoms with van der Waals surface area (Å²) in [6, 6.07) is 0. The Labute approximate surface area is 93.4 Å². The fourth-order valence-corrected chi connectivity index (χ4v) is 2.09. The highest BCUT2D eigenvalue weighted by Gasteiger charge is 2.23. The molecule has 15 heavy (non-hydrogen) atoms. The molecule has 88 valence electrons. The molecule has 0 heterocycles. The van der Waals surface area contributed by atoms with E-state index in [1.807, 2.05) is 13.8 Å². The summed E-state index contributed by atoms with van der Waals surface area (Å²) in [5.41, 5.74) is 0. The van der Waals surface area contributed by atoms with E-state index < -0.39 is 0 Å². The Hall–Kier alpha value is -0.370. The van der Waals surface area contributed by atoms with Gasteiger partial charge < -0.3 is 4.74 Å². The fourth-order valence-electron chi connectivity index (χ4n) is 2.09. The van der Waals surface area contributed by atoms with E-state index in [2.05, 4.69) is 6.92 Å². The zero-order chi connectivity index (χ0) is 11.3. The van der Waals surface area contributed by atoms with Crippen molar-refractivity contribution in [3.05, 3.63) is 0 Å². The number of carbonyl (C=O) groups excluding carboxylic acids is 1. The quantitative estimate of drug-likeness (QED) is 0.699. The number of carbonyl (C=O) groups is 1. The number of ether oxygens (including phenoxy) is 1. The molecule has 0 aliphatic heterocycles. The summed E-state index contributed by atoms with van der Waals surface area (Å²) in [6.45, 7) is 6.59. The van der Waals surface area contributed by atoms with Crippen LogP contribution in [-0.4, -0.2) is 18.5 Å². The summed E-state index contributed by atoms with van der Waals surface area (Å²) in [5, 5.41) is 0. The number of ketones is 1. The molecule has 0 radical (unpaired) electrons. The monoisotopic (exact) mass is 212 g/mol. The maximum Gasteiger partial charge on any atom is 0.161 e. The molecule has 3 unspecified atom stereocenters. The zero-order valence-electron chi connectivity index (χ0n) is 10.3. The topological polar surface area (TPSA) is 26.3 Å². The Morgan fingerprint density at radius 3 is 2.67 bits per heavy atom. The van der Waals surface area contributed by atoms with E-state index in [-0.39, 0.29) is 11.7 Å². The third-order valence-electron chi connectivity index (χ3n) is 3.63. The van der Waals surface area contributed by atoms with Crippen LogP contribution < -0.4 is 0 Å². The first-order valence-electron chi connectivity index (χ1n) is 6.29. The first-order valence-corrected chi connectivity index (χ1v) is 6.29. The zero-order valence-corrected chi connectivity index (χ0v) is 10.3. The molecule has 1 fully saturated rings. The number of hydrogen-bond donors (Lipinski definition) is 0. The number of rotatable bonds is 5. The Morgan fingerprint density at radius 1 is 1.40 bits per heavy atom. The van der Waals surface area contributed by atoms with Crippen LogP contribution in [0.3, 0.4) is 0 Å². The van der Waals surface area contributed by atoms with Gasteiger partial charge in [0, 0.05) is 5.92 Å². The molecule has 2 nitrogen and oxygen atoms in total. The van der Waals surface area contributed by atoms with Gasteiger partial charge in [-0.3, -0.25) is 4.79 Å². The Kier molecular flexibility index (Phi) is 5.30. The Bertz CT molecular complexity index is 201. The maximum absolute atomic E-state index is 11.6. The largest absolute Gasteiger partial charge is 0.370 e. The lowest BCUT2D eigenvalue weighted by molar-refractivity contribution is -0.131. The Morgan fingerprint density at radius 2 is 2.07 bits per heavy atom. The summed E-state index contributed by atoms with van der Waals surface area (Å²) in [4.78, 5) is 11.6. The van der Waals surface area contributed by atoms with Crippen LogP contribution in [0.5, 0.6) is 0 Å². The van der Waals surface area contributed by atoms with Gasteiger partial charge in [-0.05, 0) is 25.2 Å². The lowest BCUT2D eigenvalue weighted by Crippen LogP contribution is -2.29. The SMILES string of the molecule is CCC(C)C(=O)COC1CCCCC1C. The van der Waals surface area contributed by atoms with Crippen LogP contribution in [0.4, 0.5) is 0 Å². The molecular formula is C13H24O2. The van der Waals surface area contributed by atoms with Crippen molar-refractivity contribution in [2.75, 3.05) is 6.61 Å². The van der Waals surface area contributed by atoms with Gasteiger partial charge in [-0.2, -0.15) is 0 Å². The standard InChI is InChI=1S/C13H24O2/c1-4-10(2)12(14)9-15-13-8-6-5-7-11(13)3/h10-11,13H,4-9H2,1-3H3. The van der Waals surface area contributed by atoms with Crippen LogP contribution in [0.15, 0.2) is 0 Å². The van der Waals surface area contributed by atoms with E-state index in [4.69, 9.17) is 4.74 Å². The molecule has 0 aromatic rings. The van der Waals surface area contributed by atoms with Crippen molar-refractivity contribution in [3.63, 3.8) is 0 Å². The molecule has 3 atom stereocenters. The summed E-state index contributed by atoms with van der Waals surface area (Å²) < 4.78 is 5.73. The molecule has 0 N–H and O–H groups in total. The van der Waals surface area contributed by atoms with Crippen molar-refractivity contribution in [1.82, 2.24) is 0 Å². The average molecular weight is 212 g/mol. The van der Waals surface area contributed by atoms with Crippen LogP contribution in [0.25, 0.3) is 0 Å². The van der Waals surface area contributed by atoms with E-state index in [0.29, 0.717) is 18.6 Å². The van der Waals surface area contributed by atoms with Gasteiger partial charge in [0.1, 0.15) is 6.61 Å². The van der Waals surface area contributed by atoms with E-state index in [1.165, 1.54) is 19.3 Å². The van der Waals surface area contributed by atoms with E-state index >= 15 is 0 Å². The molecule has 0 aromatic heterocycles.